The van der Waals surface area contributed by atoms with Crippen LogP contribution in [0, 0.1) is 18.7 Å². The lowest BCUT2D eigenvalue weighted by atomic mass is 9.92. The Morgan fingerprint density at radius 3 is 2.37 bits per heavy atom. The molecule has 2 saturated heterocycles. The smallest absolute Gasteiger partial charge is 0.410 e. The monoisotopic (exact) mass is 562 g/mol. The van der Waals surface area contributed by atoms with Crippen LogP contribution in [0.4, 0.5) is 15.1 Å². The molecule has 4 heterocycles. The molecule has 2 aliphatic heterocycles. The molecule has 3 unspecified atom stereocenters. The van der Waals surface area contributed by atoms with Gasteiger partial charge in [-0.3, -0.25) is 0 Å². The molecule has 9 nitrogen and oxygen atoms in total. The van der Waals surface area contributed by atoms with E-state index in [-0.39, 0.29) is 36.1 Å². The molecule has 41 heavy (non-hydrogen) atoms. The zero-order valence-corrected chi connectivity index (χ0v) is 24.2. The molecule has 2 fully saturated rings. The maximum Gasteiger partial charge on any atom is 0.410 e. The lowest BCUT2D eigenvalue weighted by Gasteiger charge is -2.34. The van der Waals surface area contributed by atoms with Crippen LogP contribution in [0.5, 0.6) is 5.88 Å². The van der Waals surface area contributed by atoms with E-state index in [9.17, 15) is 9.18 Å². The molecule has 218 valence electrons. The molecule has 0 aliphatic carbocycles. The minimum Gasteiger partial charge on any atom is -0.474 e. The molecule has 0 saturated carbocycles. The molecule has 5 rings (SSSR count). The van der Waals surface area contributed by atoms with Gasteiger partial charge in [-0.25, -0.2) is 24.1 Å². The van der Waals surface area contributed by atoms with Crippen LogP contribution in [-0.4, -0.2) is 70.4 Å². The molecule has 3 aromatic rings. The van der Waals surface area contributed by atoms with Crippen LogP contribution >= 0.6 is 0 Å². The van der Waals surface area contributed by atoms with Gasteiger partial charge in [0.1, 0.15) is 11.9 Å². The maximum absolute atomic E-state index is 14.5. The van der Waals surface area contributed by atoms with Crippen molar-refractivity contribution >= 4 is 12.0 Å². The Morgan fingerprint density at radius 2 is 1.71 bits per heavy atom. The van der Waals surface area contributed by atoms with Crippen molar-refractivity contribution in [1.29, 1.82) is 0 Å². The van der Waals surface area contributed by atoms with E-state index in [1.807, 2.05) is 43.9 Å². The SMILES string of the molecule is Cc1ccc(F)c(C2CN(c3ncc(-c4ccc(OC(C)C5CCN(C(=O)OC(C)C)CC5)nc4)cn3)CC2N)c1. The molecule has 1 amide bonds. The molecule has 0 spiro atoms. The lowest BCUT2D eigenvalue weighted by Crippen LogP contribution is -2.42. The number of pyridine rings is 1. The Balaban J connectivity index is 1.15. The maximum atomic E-state index is 14.5. The highest BCUT2D eigenvalue weighted by atomic mass is 19.1. The Hall–Kier alpha value is -3.79. The second kappa shape index (κ2) is 12.4. The second-order valence-electron chi connectivity index (χ2n) is 11.4. The van der Waals surface area contributed by atoms with Crippen molar-refractivity contribution < 1.29 is 18.7 Å². The number of halogens is 1. The largest absolute Gasteiger partial charge is 0.474 e. The van der Waals surface area contributed by atoms with E-state index in [1.165, 1.54) is 6.07 Å². The van der Waals surface area contributed by atoms with Gasteiger partial charge < -0.3 is 25.0 Å². The number of anilines is 1. The molecule has 0 bridgehead atoms. The molecule has 10 heteroatoms. The van der Waals surface area contributed by atoms with Crippen LogP contribution in [0.15, 0.2) is 48.9 Å². The summed E-state index contributed by atoms with van der Waals surface area (Å²) in [4.78, 5) is 29.6. The average molecular weight is 563 g/mol. The Labute approximate surface area is 240 Å². The number of amides is 1. The van der Waals surface area contributed by atoms with Gasteiger partial charge in [-0.15, -0.1) is 0 Å². The van der Waals surface area contributed by atoms with E-state index in [1.54, 1.807) is 29.6 Å². The first-order valence-electron chi connectivity index (χ1n) is 14.3. The number of nitrogens with zero attached hydrogens (tertiary/aromatic N) is 5. The third-order valence-electron chi connectivity index (χ3n) is 8.01. The fourth-order valence-corrected chi connectivity index (χ4v) is 5.64. The number of rotatable bonds is 7. The first kappa shape index (κ1) is 28.7. The van der Waals surface area contributed by atoms with Crippen LogP contribution in [0.25, 0.3) is 11.1 Å². The number of hydrogen-bond acceptors (Lipinski definition) is 8. The number of piperidine rings is 1. The summed E-state index contributed by atoms with van der Waals surface area (Å²) < 4.78 is 25.9. The van der Waals surface area contributed by atoms with Crippen molar-refractivity contribution in [2.75, 3.05) is 31.1 Å². The quantitative estimate of drug-likeness (QED) is 0.432. The van der Waals surface area contributed by atoms with Crippen LogP contribution in [0.1, 0.15) is 50.7 Å². The van der Waals surface area contributed by atoms with E-state index in [2.05, 4.69) is 21.9 Å². The number of nitrogens with two attached hydrogens (primary N) is 1. The average Bonchev–Trinajstić information content (AvgIpc) is 3.35. The molecule has 3 atom stereocenters. The number of benzene rings is 1. The zero-order chi connectivity index (χ0) is 29.1. The molecular formula is C31H39FN6O3. The summed E-state index contributed by atoms with van der Waals surface area (Å²) in [6, 6.07) is 8.75. The molecular weight excluding hydrogens is 523 g/mol. The first-order valence-corrected chi connectivity index (χ1v) is 14.3. The van der Waals surface area contributed by atoms with Crippen molar-refractivity contribution in [3.05, 3.63) is 65.9 Å². The Morgan fingerprint density at radius 1 is 1.00 bits per heavy atom. The van der Waals surface area contributed by atoms with Crippen LogP contribution in [-0.2, 0) is 4.74 Å². The van der Waals surface area contributed by atoms with Gasteiger partial charge in [-0.2, -0.15) is 0 Å². The number of aryl methyl sites for hydroxylation is 1. The fourth-order valence-electron chi connectivity index (χ4n) is 5.64. The number of carbonyl (C=O) groups is 1. The highest BCUT2D eigenvalue weighted by Gasteiger charge is 2.34. The van der Waals surface area contributed by atoms with Crippen LogP contribution in [0.3, 0.4) is 0 Å². The van der Waals surface area contributed by atoms with Gasteiger partial charge in [-0.05, 0) is 64.2 Å². The molecule has 2 N–H and O–H groups in total. The van der Waals surface area contributed by atoms with Crippen molar-refractivity contribution in [1.82, 2.24) is 19.9 Å². The van der Waals surface area contributed by atoms with Crippen molar-refractivity contribution in [2.24, 2.45) is 11.7 Å². The normalized spacial score (nSPS) is 20.4. The Bertz CT molecular complexity index is 1330. The third kappa shape index (κ3) is 6.75. The number of aromatic nitrogens is 3. The fraction of sp³-hybridized carbons (Fsp3) is 0.484. The van der Waals surface area contributed by atoms with Gasteiger partial charge in [0, 0.05) is 73.9 Å². The summed E-state index contributed by atoms with van der Waals surface area (Å²) in [5, 5.41) is 0. The van der Waals surface area contributed by atoms with Crippen molar-refractivity contribution in [2.45, 2.75) is 64.7 Å². The number of hydrogen-bond donors (Lipinski definition) is 1. The van der Waals surface area contributed by atoms with Crippen LogP contribution in [0.2, 0.25) is 0 Å². The standard InChI is InChI=1S/C31H39FN6O3/c1-19(2)40-31(39)37-11-9-22(10-12-37)21(4)41-29-8-6-23(14-34-29)24-15-35-30(36-16-24)38-17-26(28(33)18-38)25-13-20(3)5-7-27(25)32/h5-8,13-16,19,21-22,26,28H,9-12,17-18,33H2,1-4H3. The van der Waals surface area contributed by atoms with Crippen molar-refractivity contribution in [3.63, 3.8) is 0 Å². The third-order valence-corrected chi connectivity index (χ3v) is 8.01. The number of likely N-dealkylation sites (tertiary alicyclic amines) is 1. The summed E-state index contributed by atoms with van der Waals surface area (Å²) in [6.07, 6.45) is 6.63. The summed E-state index contributed by atoms with van der Waals surface area (Å²) in [6.45, 7) is 10.2. The molecule has 2 aliphatic rings. The molecule has 2 aromatic heterocycles. The highest BCUT2D eigenvalue weighted by molar-refractivity contribution is 5.67. The summed E-state index contributed by atoms with van der Waals surface area (Å²) in [5.74, 6) is 1.12. The topological polar surface area (TPSA) is 107 Å². The van der Waals surface area contributed by atoms with E-state index in [0.29, 0.717) is 49.5 Å². The van der Waals surface area contributed by atoms with Gasteiger partial charge >= 0.3 is 6.09 Å². The van der Waals surface area contributed by atoms with Gasteiger partial charge in [0.05, 0.1) is 6.10 Å². The van der Waals surface area contributed by atoms with Crippen LogP contribution < -0.4 is 15.4 Å². The number of ether oxygens (including phenoxy) is 2. The van der Waals surface area contributed by atoms with E-state index in [0.717, 1.165) is 29.5 Å². The second-order valence-corrected chi connectivity index (χ2v) is 11.4. The van der Waals surface area contributed by atoms with Gasteiger partial charge in [0.25, 0.3) is 0 Å². The Kier molecular flexibility index (Phi) is 8.68. The first-order chi connectivity index (χ1) is 19.7. The zero-order valence-electron chi connectivity index (χ0n) is 24.2. The minimum atomic E-state index is -0.243. The van der Waals surface area contributed by atoms with E-state index < -0.39 is 0 Å². The molecule has 0 radical (unpaired) electrons. The lowest BCUT2D eigenvalue weighted by molar-refractivity contribution is 0.0486. The predicted molar refractivity (Wildman–Crippen MR) is 155 cm³/mol. The summed E-state index contributed by atoms with van der Waals surface area (Å²) in [7, 11) is 0. The van der Waals surface area contributed by atoms with Gasteiger partial charge in [0.2, 0.25) is 11.8 Å². The van der Waals surface area contributed by atoms with Crippen molar-refractivity contribution in [3.8, 4) is 17.0 Å². The summed E-state index contributed by atoms with van der Waals surface area (Å²) in [5.41, 5.74) is 9.79. The molecule has 1 aromatic carbocycles. The predicted octanol–water partition coefficient (Wildman–Crippen LogP) is 4.94. The summed E-state index contributed by atoms with van der Waals surface area (Å²) >= 11 is 0. The highest BCUT2D eigenvalue weighted by Crippen LogP contribution is 2.31. The van der Waals surface area contributed by atoms with Gasteiger partial charge in [-0.1, -0.05) is 17.7 Å². The van der Waals surface area contributed by atoms with E-state index in [4.69, 9.17) is 15.2 Å². The minimum absolute atomic E-state index is 0.0248. The number of carbonyl (C=O) groups excluding carboxylic acids is 1. The van der Waals surface area contributed by atoms with Gasteiger partial charge in [0.15, 0.2) is 0 Å². The van der Waals surface area contributed by atoms with E-state index >= 15 is 0 Å².